The number of rotatable bonds is 10. The number of aromatic nitrogens is 2. The van der Waals surface area contributed by atoms with Crippen molar-refractivity contribution in [2.24, 2.45) is 0 Å². The summed E-state index contributed by atoms with van der Waals surface area (Å²) in [6, 6.07) is 8.22. The van der Waals surface area contributed by atoms with Crippen LogP contribution in [0.3, 0.4) is 0 Å². The monoisotopic (exact) mass is 890 g/mol. The Hall–Kier alpha value is -5.48. The smallest absolute Gasteiger partial charge is 0.343 e. The lowest BCUT2D eigenvalue weighted by Crippen LogP contribution is -2.50. The molecule has 2 saturated heterocycles. The minimum absolute atomic E-state index is 0.0150. The summed E-state index contributed by atoms with van der Waals surface area (Å²) in [7, 11) is 4.72. The number of aromatic hydroxyl groups is 1. The Morgan fingerprint density at radius 3 is 1.97 bits per heavy atom. The number of hydrogen-bond donors (Lipinski definition) is 2. The SMILES string of the molecule is CCOC(=O)c1cn2c(cc1=O)-c1cc(OC)c(O)cc1[C@H]1CCC(C)(C)N12.COCCCOc1c(OC)cc2c(c1Br)[C@H]1CCC(C)(C)N1n1cc(C(=O)O)c(=O)cc1-2. The number of halogens is 1. The van der Waals surface area contributed by atoms with Crippen molar-refractivity contribution in [3.05, 3.63) is 89.9 Å². The molecule has 4 aliphatic heterocycles. The number of methoxy groups -OCH3 is 3. The number of carboxylic acid groups (broad SMARTS) is 1. The van der Waals surface area contributed by atoms with E-state index in [2.05, 4.69) is 53.6 Å². The van der Waals surface area contributed by atoms with E-state index in [1.807, 2.05) is 15.4 Å². The second-order valence-corrected chi connectivity index (χ2v) is 17.3. The Morgan fingerprint density at radius 1 is 0.800 bits per heavy atom. The number of pyridine rings is 2. The number of ether oxygens (including phenoxy) is 5. The zero-order valence-corrected chi connectivity index (χ0v) is 36.7. The maximum absolute atomic E-state index is 12.7. The number of esters is 1. The molecule has 4 aromatic rings. The van der Waals surface area contributed by atoms with Gasteiger partial charge in [0.05, 0.1) is 66.5 Å². The first-order valence-electron chi connectivity index (χ1n) is 20.0. The summed E-state index contributed by atoms with van der Waals surface area (Å²) in [5.74, 6) is -0.276. The Bertz CT molecular complexity index is 2490. The third kappa shape index (κ3) is 7.16. The first kappa shape index (κ1) is 42.6. The van der Waals surface area contributed by atoms with Gasteiger partial charge in [0.1, 0.15) is 11.1 Å². The van der Waals surface area contributed by atoms with Gasteiger partial charge in [-0.1, -0.05) is 0 Å². The molecule has 0 unspecified atom stereocenters. The fourth-order valence-corrected chi connectivity index (χ4v) is 9.92. The van der Waals surface area contributed by atoms with Crippen LogP contribution >= 0.6 is 15.9 Å². The van der Waals surface area contributed by atoms with Crippen LogP contribution < -0.4 is 35.1 Å². The first-order chi connectivity index (χ1) is 28.5. The highest BCUT2D eigenvalue weighted by molar-refractivity contribution is 9.10. The van der Waals surface area contributed by atoms with Crippen molar-refractivity contribution in [1.82, 2.24) is 9.35 Å². The van der Waals surface area contributed by atoms with Gasteiger partial charge in [0.2, 0.25) is 0 Å². The van der Waals surface area contributed by atoms with Crippen molar-refractivity contribution in [1.29, 1.82) is 0 Å². The van der Waals surface area contributed by atoms with Gasteiger partial charge in [-0.2, -0.15) is 0 Å². The van der Waals surface area contributed by atoms with E-state index < -0.39 is 22.8 Å². The summed E-state index contributed by atoms with van der Waals surface area (Å²) < 4.78 is 31.7. The maximum atomic E-state index is 12.7. The molecule has 6 heterocycles. The quantitative estimate of drug-likeness (QED) is 0.124. The summed E-state index contributed by atoms with van der Waals surface area (Å²) in [5.41, 5.74) is 3.33. The van der Waals surface area contributed by atoms with Crippen molar-refractivity contribution in [3.8, 4) is 45.5 Å². The lowest BCUT2D eigenvalue weighted by Gasteiger charge is -2.45. The van der Waals surface area contributed by atoms with E-state index in [-0.39, 0.29) is 46.6 Å². The summed E-state index contributed by atoms with van der Waals surface area (Å²) >= 11 is 3.77. The van der Waals surface area contributed by atoms with Crippen molar-refractivity contribution in [2.45, 2.75) is 89.9 Å². The number of carbonyl (C=O) groups excluding carboxylic acids is 1. The Kier molecular flexibility index (Phi) is 11.5. The van der Waals surface area contributed by atoms with Gasteiger partial charge >= 0.3 is 11.9 Å². The predicted molar refractivity (Wildman–Crippen MR) is 228 cm³/mol. The highest BCUT2D eigenvalue weighted by atomic mass is 79.9. The second kappa shape index (κ2) is 16.2. The normalized spacial score (nSPS) is 18.4. The van der Waals surface area contributed by atoms with Crippen LogP contribution in [0.1, 0.15) is 111 Å². The van der Waals surface area contributed by atoms with E-state index in [0.717, 1.165) is 58.8 Å². The molecule has 2 N–H and O–H groups in total. The minimum atomic E-state index is -1.23. The number of benzene rings is 2. The largest absolute Gasteiger partial charge is 0.504 e. The van der Waals surface area contributed by atoms with E-state index in [1.165, 1.54) is 25.4 Å². The number of aromatic carboxylic acids is 1. The van der Waals surface area contributed by atoms with E-state index >= 15 is 0 Å². The lowest BCUT2D eigenvalue weighted by atomic mass is 9.93. The fourth-order valence-electron chi connectivity index (χ4n) is 9.13. The summed E-state index contributed by atoms with van der Waals surface area (Å²) in [6.07, 6.45) is 7.38. The molecule has 0 radical (unpaired) electrons. The molecule has 0 spiro atoms. The van der Waals surface area contributed by atoms with Gasteiger partial charge in [0.15, 0.2) is 33.9 Å². The van der Waals surface area contributed by atoms with Crippen LogP contribution in [0, 0.1) is 0 Å². The van der Waals surface area contributed by atoms with E-state index in [1.54, 1.807) is 39.5 Å². The number of fused-ring (bicyclic) bond motifs is 12. The molecule has 0 bridgehead atoms. The number of nitrogens with zero attached hydrogens (tertiary/aromatic N) is 4. The molecule has 0 aliphatic carbocycles. The van der Waals surface area contributed by atoms with Gasteiger partial charge in [-0.05, 0) is 100.0 Å². The molecule has 2 fully saturated rings. The molecular formula is C44H51BrN4O11. The maximum Gasteiger partial charge on any atom is 0.343 e. The minimum Gasteiger partial charge on any atom is -0.504 e. The number of carboxylic acids is 1. The van der Waals surface area contributed by atoms with E-state index in [0.29, 0.717) is 41.9 Å². The number of carbonyl (C=O) groups is 2. The van der Waals surface area contributed by atoms with E-state index in [9.17, 15) is 29.4 Å². The standard InChI is InChI=1S/C23H27BrN2O6.C21H24N2O5/c1-23(2)7-6-15-19-13(10-18(31-4)21(20(19)24)32-9-5-8-30-3)16-11-17(27)14(22(28)29)12-25(16)26(15)23;1-5-28-20(26)14-11-22-16(10-17(14)24)13-9-19(27-4)18(25)8-12(13)15-6-7-21(2,3)23(15)22/h10-12,15H,5-9H2,1-4H3,(H,28,29);8-11,15,25H,5-7H2,1-4H3/t2*15-/m11/s1. The van der Waals surface area contributed by atoms with Crippen LogP contribution in [0.15, 0.2) is 56.8 Å². The number of hydrogen-bond acceptors (Lipinski definition) is 12. The zero-order valence-electron chi connectivity index (χ0n) is 35.1. The van der Waals surface area contributed by atoms with Crippen LogP contribution in [0.25, 0.3) is 22.5 Å². The molecular weight excluding hydrogens is 840 g/mol. The van der Waals surface area contributed by atoms with Crippen molar-refractivity contribution in [2.75, 3.05) is 51.2 Å². The van der Waals surface area contributed by atoms with E-state index in [4.69, 9.17) is 23.7 Å². The van der Waals surface area contributed by atoms with Gasteiger partial charge < -0.3 is 33.9 Å². The predicted octanol–water partition coefficient (Wildman–Crippen LogP) is 6.94. The highest BCUT2D eigenvalue weighted by Crippen LogP contribution is 2.55. The van der Waals surface area contributed by atoms with Crippen molar-refractivity contribution >= 4 is 27.9 Å². The molecule has 2 aromatic carbocycles. The molecule has 320 valence electrons. The molecule has 2 aromatic heterocycles. The molecule has 0 amide bonds. The average molecular weight is 892 g/mol. The van der Waals surface area contributed by atoms with Gasteiger partial charge in [0.25, 0.3) is 0 Å². The zero-order chi connectivity index (χ0) is 43.4. The topological polar surface area (TPSA) is 171 Å². The molecule has 2 atom stereocenters. The van der Waals surface area contributed by atoms with Gasteiger partial charge in [-0.15, -0.1) is 0 Å². The fraction of sp³-hybridized carbons (Fsp3) is 0.455. The molecule has 0 saturated carbocycles. The average Bonchev–Trinajstić information content (AvgIpc) is 3.70. The van der Waals surface area contributed by atoms with Crippen LogP contribution in [-0.4, -0.2) is 83.7 Å². The lowest BCUT2D eigenvalue weighted by molar-refractivity contribution is 0.0523. The number of phenols is 1. The Labute approximate surface area is 356 Å². The molecule has 60 heavy (non-hydrogen) atoms. The van der Waals surface area contributed by atoms with Crippen LogP contribution in [-0.2, 0) is 9.47 Å². The van der Waals surface area contributed by atoms with Crippen molar-refractivity contribution in [3.63, 3.8) is 0 Å². The molecule has 4 aliphatic rings. The van der Waals surface area contributed by atoms with Crippen LogP contribution in [0.4, 0.5) is 0 Å². The summed E-state index contributed by atoms with van der Waals surface area (Å²) in [4.78, 5) is 49.2. The Balaban J connectivity index is 0.000000183. The highest BCUT2D eigenvalue weighted by Gasteiger charge is 2.47. The number of phenolic OH excluding ortho intramolecular Hbond substituents is 1. The van der Waals surface area contributed by atoms with Gasteiger partial charge in [-0.25, -0.2) is 9.59 Å². The molecule has 8 rings (SSSR count). The van der Waals surface area contributed by atoms with Gasteiger partial charge in [0, 0.05) is 61.4 Å². The van der Waals surface area contributed by atoms with Gasteiger partial charge in [-0.3, -0.25) is 29.0 Å². The van der Waals surface area contributed by atoms with Crippen molar-refractivity contribution < 1.29 is 43.5 Å². The second-order valence-electron chi connectivity index (χ2n) is 16.5. The summed E-state index contributed by atoms with van der Waals surface area (Å²) in [6.45, 7) is 11.5. The summed E-state index contributed by atoms with van der Waals surface area (Å²) in [5, 5.41) is 24.2. The Morgan fingerprint density at radius 2 is 1.37 bits per heavy atom. The van der Waals surface area contributed by atoms with Crippen LogP contribution in [0.2, 0.25) is 0 Å². The molecule has 16 heteroatoms. The molecule has 15 nitrogen and oxygen atoms in total. The first-order valence-corrected chi connectivity index (χ1v) is 20.8. The third-order valence-corrected chi connectivity index (χ3v) is 12.7. The van der Waals surface area contributed by atoms with Crippen LogP contribution in [0.5, 0.6) is 23.0 Å². The third-order valence-electron chi connectivity index (χ3n) is 11.9.